The maximum atomic E-state index is 12.5. The number of carbonyl (C=O) groups excluding carboxylic acids is 3. The van der Waals surface area contributed by atoms with E-state index in [4.69, 9.17) is 38.3 Å². The molecule has 11 N–H and O–H groups in total. The molecule has 0 aliphatic rings. The van der Waals surface area contributed by atoms with Crippen molar-refractivity contribution in [1.82, 2.24) is 29.9 Å². The summed E-state index contributed by atoms with van der Waals surface area (Å²) in [5.74, 6) is -3.27. The molecule has 0 atom stereocenters. The van der Waals surface area contributed by atoms with Crippen LogP contribution in [0.5, 0.6) is 0 Å². The minimum absolute atomic E-state index is 0.00852. The van der Waals surface area contributed by atoms with E-state index < -0.39 is 17.9 Å². The molecule has 432 valence electrons. The van der Waals surface area contributed by atoms with Crippen LogP contribution in [0.25, 0.3) is 18.2 Å². The zero-order chi connectivity index (χ0) is 61.6. The monoisotopic (exact) mass is 1140 g/mol. The Kier molecular flexibility index (Phi) is 26.8. The molecule has 8 rings (SSSR count). The topological polar surface area (TPSA) is 345 Å². The van der Waals surface area contributed by atoms with Crippen LogP contribution in [0.3, 0.4) is 0 Å². The number of carboxylic acids is 3. The second-order valence-electron chi connectivity index (χ2n) is 18.6. The maximum Gasteiger partial charge on any atom is 0.354 e. The van der Waals surface area contributed by atoms with Gasteiger partial charge in [-0.2, -0.15) is 0 Å². The predicted molar refractivity (Wildman–Crippen MR) is 323 cm³/mol. The number of carboxylic acid groups (broad SMARTS) is 3. The van der Waals surface area contributed by atoms with Crippen LogP contribution in [0, 0.1) is 33.5 Å². The number of benzene rings is 2. The van der Waals surface area contributed by atoms with Crippen LogP contribution in [0.2, 0.25) is 0 Å². The molecule has 19 nitrogen and oxygen atoms in total. The Labute approximate surface area is 485 Å². The number of rotatable bonds is 18. The van der Waals surface area contributed by atoms with Gasteiger partial charge in [0.15, 0.2) is 5.78 Å². The summed E-state index contributed by atoms with van der Waals surface area (Å²) >= 11 is 0. The molecular weight excluding hydrogens is 1070 g/mol. The Morgan fingerprint density at radius 3 is 1.26 bits per heavy atom. The molecule has 20 heteroatoms. The zero-order valence-electron chi connectivity index (χ0n) is 46.7. The second-order valence-corrected chi connectivity index (χ2v) is 18.6. The van der Waals surface area contributed by atoms with Gasteiger partial charge in [0.05, 0.1) is 29.7 Å². The van der Waals surface area contributed by atoms with E-state index >= 15 is 0 Å². The molecule has 0 spiro atoms. The quantitative estimate of drug-likeness (QED) is 0.0310. The molecule has 0 radical (unpaired) electrons. The lowest BCUT2D eigenvalue weighted by Crippen LogP contribution is -2.09. The molecule has 6 aromatic heterocycles. The van der Waals surface area contributed by atoms with Crippen molar-refractivity contribution in [2.24, 2.45) is 0 Å². The van der Waals surface area contributed by atoms with E-state index in [2.05, 4.69) is 29.9 Å². The molecule has 6 heterocycles. The summed E-state index contributed by atoms with van der Waals surface area (Å²) in [7, 11) is 0. The predicted octanol–water partition coefficient (Wildman–Crippen LogP) is 10.2. The molecule has 0 fully saturated rings. The fourth-order valence-corrected chi connectivity index (χ4v) is 6.85. The molecule has 0 saturated heterocycles. The number of nitrogens with two attached hydrogens (primary N) is 4. The molecular formula is C64H65FN10O9. The van der Waals surface area contributed by atoms with E-state index in [-0.39, 0.29) is 65.9 Å². The molecule has 0 amide bonds. The second kappa shape index (κ2) is 34.3. The van der Waals surface area contributed by atoms with Crippen LogP contribution in [-0.2, 0) is 33.6 Å². The highest BCUT2D eigenvalue weighted by atomic mass is 19.1. The van der Waals surface area contributed by atoms with Gasteiger partial charge in [0.25, 0.3) is 0 Å². The Morgan fingerprint density at radius 1 is 0.440 bits per heavy atom. The number of hydrogen-bond acceptors (Lipinski definition) is 16. The Balaban J connectivity index is 0.000000244. The molecule has 0 bridgehead atoms. The van der Waals surface area contributed by atoms with Crippen molar-refractivity contribution in [2.75, 3.05) is 22.9 Å². The third-order valence-corrected chi connectivity index (χ3v) is 11.4. The SMILES string of the molecule is Cc1ccc(/C=C/CC(=O)Cc2ccc(C(=O)O)nc2)cn1.Cc1ccc(/C=C/CC(=O)O)cn1.Cc1ccc(CC(=O)c2ccc(CC(=O)C/C=C/c3ccc(C)nc3)cn2)c(N)c1.Nc1ccc(C(=O)O)nc1.Nc1ccc(F)cc1N. The van der Waals surface area contributed by atoms with Gasteiger partial charge in [-0.25, -0.2) is 23.9 Å². The molecule has 84 heavy (non-hydrogen) atoms. The van der Waals surface area contributed by atoms with Gasteiger partial charge >= 0.3 is 17.9 Å². The van der Waals surface area contributed by atoms with Crippen molar-refractivity contribution < 1.29 is 48.5 Å². The number of anilines is 4. The third-order valence-electron chi connectivity index (χ3n) is 11.4. The number of ketones is 3. The van der Waals surface area contributed by atoms with E-state index in [0.29, 0.717) is 41.2 Å². The van der Waals surface area contributed by atoms with Crippen molar-refractivity contribution in [2.45, 2.75) is 66.2 Å². The first-order valence-electron chi connectivity index (χ1n) is 25.8. The van der Waals surface area contributed by atoms with Crippen LogP contribution in [0.4, 0.5) is 27.1 Å². The van der Waals surface area contributed by atoms with Gasteiger partial charge in [-0.15, -0.1) is 0 Å². The number of aromatic carboxylic acids is 2. The van der Waals surface area contributed by atoms with Crippen molar-refractivity contribution in [3.63, 3.8) is 0 Å². The van der Waals surface area contributed by atoms with Gasteiger partial charge in [-0.1, -0.05) is 78.9 Å². The Bertz CT molecular complexity index is 3560. The standard InChI is InChI=1S/C25H25N3O2.C17H16N2O3.C10H11NO2.C6H7FN2.C6H6N2O2/c1-17-6-10-21(23(26)12-17)14-25(30)24-11-9-20(16-28-24)13-22(29)5-3-4-19-8-7-18(2)27-15-19;1-12-5-6-13(10-18-12)3-2-4-15(20)9-14-7-8-16(17(21)22)19-11-14;1-8-5-6-9(7-11-8)3-2-4-10(12)13;7-4-1-2-5(8)6(9)3-4;7-4-1-2-5(6(9)10)8-3-4/h3-4,6-12,15-16H,5,13-14,26H2,1-2H3;2-3,5-8,10-11H,4,9H2,1H3,(H,21,22);2-3,5-7H,4H2,1H3,(H,12,13);1-3H,8-9H2;1-3H,7H2,(H,9,10)/b4-3+;2*3-2+;;. The molecule has 2 aromatic carbocycles. The van der Waals surface area contributed by atoms with Gasteiger partial charge in [0.1, 0.15) is 34.5 Å². The normalized spacial score (nSPS) is 10.5. The van der Waals surface area contributed by atoms with Gasteiger partial charge in [0, 0.05) is 85.9 Å². The van der Waals surface area contributed by atoms with Crippen LogP contribution in [0.15, 0.2) is 165 Å². The average molecular weight is 1140 g/mol. The number of carbonyl (C=O) groups is 6. The lowest BCUT2D eigenvalue weighted by atomic mass is 10.0. The van der Waals surface area contributed by atoms with Crippen LogP contribution in [-0.4, -0.2) is 80.5 Å². The molecule has 0 saturated carbocycles. The minimum atomic E-state index is -1.08. The maximum absolute atomic E-state index is 12.5. The highest BCUT2D eigenvalue weighted by Crippen LogP contribution is 2.17. The van der Waals surface area contributed by atoms with Crippen molar-refractivity contribution in [3.05, 3.63) is 244 Å². The molecule has 0 aliphatic heterocycles. The van der Waals surface area contributed by atoms with Crippen molar-refractivity contribution in [1.29, 1.82) is 0 Å². The van der Waals surface area contributed by atoms with Crippen LogP contribution < -0.4 is 22.9 Å². The fraction of sp³-hybridized carbons (Fsp3) is 0.156. The van der Waals surface area contributed by atoms with E-state index in [0.717, 1.165) is 50.5 Å². The number of allylic oxidation sites excluding steroid dienone is 2. The number of hydrogen-bond donors (Lipinski definition) is 7. The van der Waals surface area contributed by atoms with E-state index in [9.17, 15) is 33.2 Å². The van der Waals surface area contributed by atoms with E-state index in [1.165, 1.54) is 48.8 Å². The summed E-state index contributed by atoms with van der Waals surface area (Å²) in [4.78, 5) is 91.7. The first-order valence-corrected chi connectivity index (χ1v) is 25.8. The number of nitrogens with zero attached hydrogens (tertiary/aromatic N) is 6. The van der Waals surface area contributed by atoms with E-state index in [1.807, 2.05) is 101 Å². The number of aromatic nitrogens is 6. The highest BCUT2D eigenvalue weighted by molar-refractivity contribution is 5.96. The lowest BCUT2D eigenvalue weighted by Gasteiger charge is -2.06. The number of halogens is 1. The number of aliphatic carboxylic acids is 1. The summed E-state index contributed by atoms with van der Waals surface area (Å²) in [6, 6.07) is 30.4. The van der Waals surface area contributed by atoms with Gasteiger partial charge in [0.2, 0.25) is 0 Å². The third kappa shape index (κ3) is 25.5. The Hall–Kier alpha value is -10.9. The summed E-state index contributed by atoms with van der Waals surface area (Å²) in [6.45, 7) is 7.71. The van der Waals surface area contributed by atoms with Gasteiger partial charge in [-0.05, 0) is 133 Å². The zero-order valence-corrected chi connectivity index (χ0v) is 46.7. The molecule has 8 aromatic rings. The van der Waals surface area contributed by atoms with Crippen molar-refractivity contribution in [3.8, 4) is 0 Å². The molecule has 0 aliphatic carbocycles. The Morgan fingerprint density at radius 2 is 0.893 bits per heavy atom. The van der Waals surface area contributed by atoms with Gasteiger partial charge < -0.3 is 38.3 Å². The smallest absolute Gasteiger partial charge is 0.354 e. The highest BCUT2D eigenvalue weighted by Gasteiger charge is 2.12. The largest absolute Gasteiger partial charge is 0.481 e. The summed E-state index contributed by atoms with van der Waals surface area (Å²) < 4.78 is 12.2. The first kappa shape index (κ1) is 65.6. The number of nitrogen functional groups attached to an aromatic ring is 4. The fourth-order valence-electron chi connectivity index (χ4n) is 6.85. The summed E-state index contributed by atoms with van der Waals surface area (Å²) in [6.07, 6.45) is 21.7. The van der Waals surface area contributed by atoms with E-state index in [1.54, 1.807) is 61.2 Å². The number of Topliss-reactive ketones (excluding diaryl/α,β-unsaturated/α-hetero) is 3. The lowest BCUT2D eigenvalue weighted by molar-refractivity contribution is -0.136. The summed E-state index contributed by atoms with van der Waals surface area (Å²) in [5.41, 5.74) is 33.0. The first-order chi connectivity index (χ1) is 40.0. The van der Waals surface area contributed by atoms with Crippen LogP contribution >= 0.6 is 0 Å². The summed E-state index contributed by atoms with van der Waals surface area (Å²) in [5, 5.41) is 25.5. The minimum Gasteiger partial charge on any atom is -0.481 e. The average Bonchev–Trinajstić information content (AvgIpc) is 3.61. The number of aryl methyl sites for hydroxylation is 4. The molecule has 0 unspecified atom stereocenters. The van der Waals surface area contributed by atoms with Gasteiger partial charge in [-0.3, -0.25) is 39.1 Å². The van der Waals surface area contributed by atoms with Crippen molar-refractivity contribution >= 4 is 76.2 Å². The number of pyridine rings is 6. The van der Waals surface area contributed by atoms with Crippen LogP contribution in [0.1, 0.15) is 107 Å².